The van der Waals surface area contributed by atoms with Gasteiger partial charge in [-0.3, -0.25) is 5.41 Å². The molecule has 9 nitrogen and oxygen atoms in total. The van der Waals surface area contributed by atoms with Crippen molar-refractivity contribution < 1.29 is 23.7 Å². The molecule has 0 saturated carbocycles. The molecule has 0 spiro atoms. The SMILES string of the molecule is CC(N)CC1NC1C(F)COC(C)OC(C)COC(O)NC(=N)N. The Balaban J connectivity index is 2.12. The van der Waals surface area contributed by atoms with Crippen molar-refractivity contribution in [2.45, 2.75) is 70.3 Å². The van der Waals surface area contributed by atoms with Crippen molar-refractivity contribution in [1.29, 1.82) is 5.41 Å². The number of ether oxygens (including phenoxy) is 3. The topological polar surface area (TPSA) is 158 Å². The van der Waals surface area contributed by atoms with E-state index >= 15 is 0 Å². The highest BCUT2D eigenvalue weighted by atomic mass is 19.1. The Bertz CT molecular complexity index is 390. The number of alkyl halides is 1. The number of guanidine groups is 1. The Morgan fingerprint density at radius 3 is 2.58 bits per heavy atom. The summed E-state index contributed by atoms with van der Waals surface area (Å²) in [7, 11) is 0. The van der Waals surface area contributed by atoms with E-state index in [1.165, 1.54) is 0 Å². The molecular formula is C14H30FN5O4. The Morgan fingerprint density at radius 1 is 1.33 bits per heavy atom. The molecule has 0 radical (unpaired) electrons. The van der Waals surface area contributed by atoms with Crippen molar-refractivity contribution in [3.63, 3.8) is 0 Å². The lowest BCUT2D eigenvalue weighted by Crippen LogP contribution is -2.42. The van der Waals surface area contributed by atoms with Gasteiger partial charge in [-0.25, -0.2) is 4.39 Å². The fourth-order valence-corrected chi connectivity index (χ4v) is 2.30. The number of rotatable bonds is 12. The van der Waals surface area contributed by atoms with Crippen molar-refractivity contribution >= 4 is 5.96 Å². The minimum atomic E-state index is -1.39. The van der Waals surface area contributed by atoms with E-state index < -0.39 is 30.9 Å². The maximum atomic E-state index is 14.0. The number of hydrogen-bond acceptors (Lipinski definition) is 7. The molecule has 7 unspecified atom stereocenters. The lowest BCUT2D eigenvalue weighted by Gasteiger charge is -2.22. The summed E-state index contributed by atoms with van der Waals surface area (Å²) < 4.78 is 29.8. The molecule has 0 aromatic rings. The number of aliphatic hydroxyl groups excluding tert-OH is 1. The summed E-state index contributed by atoms with van der Waals surface area (Å²) in [6.07, 6.45) is -2.78. The van der Waals surface area contributed by atoms with Crippen LogP contribution in [0.5, 0.6) is 0 Å². The van der Waals surface area contributed by atoms with Crippen molar-refractivity contribution in [1.82, 2.24) is 10.6 Å². The van der Waals surface area contributed by atoms with Gasteiger partial charge < -0.3 is 41.4 Å². The summed E-state index contributed by atoms with van der Waals surface area (Å²) in [4.78, 5) is 0. The van der Waals surface area contributed by atoms with Crippen LogP contribution in [0.2, 0.25) is 0 Å². The summed E-state index contributed by atoms with van der Waals surface area (Å²) in [6.45, 7) is 5.25. The Labute approximate surface area is 141 Å². The molecular weight excluding hydrogens is 321 g/mol. The van der Waals surface area contributed by atoms with Crippen LogP contribution in [0.15, 0.2) is 0 Å². The van der Waals surface area contributed by atoms with Crippen LogP contribution in [0.25, 0.3) is 0 Å². The van der Waals surface area contributed by atoms with Gasteiger partial charge in [-0.2, -0.15) is 0 Å². The average molecular weight is 351 g/mol. The fraction of sp³-hybridized carbons (Fsp3) is 0.929. The first-order valence-electron chi connectivity index (χ1n) is 8.02. The van der Waals surface area contributed by atoms with Gasteiger partial charge in [-0.1, -0.05) is 0 Å². The van der Waals surface area contributed by atoms with Crippen LogP contribution >= 0.6 is 0 Å². The predicted molar refractivity (Wildman–Crippen MR) is 86.8 cm³/mol. The van der Waals surface area contributed by atoms with Crippen LogP contribution in [0.4, 0.5) is 4.39 Å². The van der Waals surface area contributed by atoms with Gasteiger partial charge in [-0.05, 0) is 27.2 Å². The van der Waals surface area contributed by atoms with Gasteiger partial charge in [0.1, 0.15) is 6.17 Å². The minimum Gasteiger partial charge on any atom is -0.370 e. The zero-order chi connectivity index (χ0) is 18.3. The van der Waals surface area contributed by atoms with Gasteiger partial charge in [0, 0.05) is 12.1 Å². The second-order valence-corrected chi connectivity index (χ2v) is 6.12. The van der Waals surface area contributed by atoms with Gasteiger partial charge in [0.15, 0.2) is 12.2 Å². The fourth-order valence-electron chi connectivity index (χ4n) is 2.30. The van der Waals surface area contributed by atoms with E-state index in [0.29, 0.717) is 0 Å². The molecule has 0 aromatic heterocycles. The van der Waals surface area contributed by atoms with E-state index in [9.17, 15) is 9.50 Å². The van der Waals surface area contributed by atoms with Crippen LogP contribution in [-0.2, 0) is 14.2 Å². The highest BCUT2D eigenvalue weighted by molar-refractivity contribution is 5.74. The average Bonchev–Trinajstić information content (AvgIpc) is 3.20. The molecule has 0 aromatic carbocycles. The van der Waals surface area contributed by atoms with E-state index in [1.807, 2.05) is 6.92 Å². The van der Waals surface area contributed by atoms with Gasteiger partial charge in [-0.15, -0.1) is 0 Å². The summed E-state index contributed by atoms with van der Waals surface area (Å²) in [5.74, 6) is -0.405. The monoisotopic (exact) mass is 351 g/mol. The molecule has 1 heterocycles. The zero-order valence-corrected chi connectivity index (χ0v) is 14.4. The van der Waals surface area contributed by atoms with Crippen molar-refractivity contribution in [3.8, 4) is 0 Å². The number of halogens is 1. The maximum Gasteiger partial charge on any atom is 0.237 e. The molecule has 0 bridgehead atoms. The Morgan fingerprint density at radius 2 is 2.00 bits per heavy atom. The Hall–Kier alpha value is -1.04. The molecule has 24 heavy (non-hydrogen) atoms. The molecule has 0 aliphatic carbocycles. The van der Waals surface area contributed by atoms with Gasteiger partial charge in [0.05, 0.1) is 25.4 Å². The molecule has 10 heteroatoms. The molecule has 0 amide bonds. The summed E-state index contributed by atoms with van der Waals surface area (Å²) in [5, 5.41) is 21.5. The van der Waals surface area contributed by atoms with E-state index in [1.54, 1.807) is 13.8 Å². The number of nitrogens with two attached hydrogens (primary N) is 2. The highest BCUT2D eigenvalue weighted by Crippen LogP contribution is 2.22. The second-order valence-electron chi connectivity index (χ2n) is 6.12. The first-order chi connectivity index (χ1) is 11.2. The normalized spacial score (nSPS) is 26.2. The van der Waals surface area contributed by atoms with Crippen molar-refractivity contribution in [2.75, 3.05) is 13.2 Å². The number of nitrogens with one attached hydrogen (secondary N) is 3. The third kappa shape index (κ3) is 8.71. The third-order valence-corrected chi connectivity index (χ3v) is 3.43. The molecule has 8 N–H and O–H groups in total. The van der Waals surface area contributed by atoms with Crippen molar-refractivity contribution in [3.05, 3.63) is 0 Å². The minimum absolute atomic E-state index is 0.0385. The molecule has 1 fully saturated rings. The maximum absolute atomic E-state index is 14.0. The van der Waals surface area contributed by atoms with Crippen molar-refractivity contribution in [2.24, 2.45) is 11.5 Å². The quantitative estimate of drug-likeness (QED) is 0.112. The molecule has 1 aliphatic heterocycles. The number of hydrogen-bond donors (Lipinski definition) is 6. The van der Waals surface area contributed by atoms with Crippen LogP contribution in [0, 0.1) is 5.41 Å². The first kappa shape index (κ1) is 21.0. The second kappa shape index (κ2) is 10.1. The smallest absolute Gasteiger partial charge is 0.237 e. The van der Waals surface area contributed by atoms with Crippen LogP contribution in [0.3, 0.4) is 0 Å². The third-order valence-electron chi connectivity index (χ3n) is 3.43. The van der Waals surface area contributed by atoms with E-state index in [0.717, 1.165) is 6.42 Å². The molecule has 1 aliphatic rings. The van der Waals surface area contributed by atoms with Crippen LogP contribution in [-0.4, -0.2) is 67.4 Å². The van der Waals surface area contributed by atoms with E-state index in [4.69, 9.17) is 31.1 Å². The Kier molecular flexibility index (Phi) is 8.81. The van der Waals surface area contributed by atoms with E-state index in [2.05, 4.69) is 10.6 Å². The largest absolute Gasteiger partial charge is 0.370 e. The summed E-state index contributed by atoms with van der Waals surface area (Å²) >= 11 is 0. The van der Waals surface area contributed by atoms with E-state index in [-0.39, 0.29) is 31.3 Å². The highest BCUT2D eigenvalue weighted by Gasteiger charge is 2.43. The molecule has 1 rings (SSSR count). The molecule has 7 atom stereocenters. The van der Waals surface area contributed by atoms with Gasteiger partial charge in [0.2, 0.25) is 6.41 Å². The lowest BCUT2D eigenvalue weighted by atomic mass is 10.1. The van der Waals surface area contributed by atoms with Gasteiger partial charge >= 0.3 is 0 Å². The van der Waals surface area contributed by atoms with Crippen LogP contribution in [0.1, 0.15) is 27.2 Å². The molecule has 1 saturated heterocycles. The zero-order valence-electron chi connectivity index (χ0n) is 14.4. The number of aliphatic hydroxyl groups is 1. The predicted octanol–water partition coefficient (Wildman–Crippen LogP) is -1.05. The summed E-state index contributed by atoms with van der Waals surface area (Å²) in [6, 6.07) is -0.0595. The summed E-state index contributed by atoms with van der Waals surface area (Å²) in [5.41, 5.74) is 10.7. The van der Waals surface area contributed by atoms with Crippen LogP contribution < -0.4 is 22.1 Å². The standard InChI is InChI=1S/C14H30FN5O4/c1-7(16)4-11-12(19-11)10(15)6-22-9(3)24-8(2)5-23-14(21)20-13(17)18/h7-12,14,19,21H,4-6,16H2,1-3H3,(H4,17,18,20). The van der Waals surface area contributed by atoms with Gasteiger partial charge in [0.25, 0.3) is 0 Å². The first-order valence-corrected chi connectivity index (χ1v) is 8.02. The lowest BCUT2D eigenvalue weighted by molar-refractivity contribution is -0.194. The molecule has 142 valence electrons.